The minimum atomic E-state index is -0.176. The summed E-state index contributed by atoms with van der Waals surface area (Å²) in [5.41, 5.74) is 3.96. The van der Waals surface area contributed by atoms with Crippen LogP contribution in [0.2, 0.25) is 5.02 Å². The van der Waals surface area contributed by atoms with E-state index >= 15 is 0 Å². The average Bonchev–Trinajstić information content (AvgIpc) is 2.73. The van der Waals surface area contributed by atoms with Crippen molar-refractivity contribution >= 4 is 35.0 Å². The molecular formula is C23H22ClN3OS. The van der Waals surface area contributed by atoms with Crippen molar-refractivity contribution < 1.29 is 4.79 Å². The number of hydrogen-bond acceptors (Lipinski definition) is 4. The second-order valence-electron chi connectivity index (χ2n) is 7.67. The summed E-state index contributed by atoms with van der Waals surface area (Å²) >= 11 is 7.67. The first kappa shape index (κ1) is 19.9. The maximum atomic E-state index is 13.0. The normalized spacial score (nSPS) is 19.4. The van der Waals surface area contributed by atoms with E-state index < -0.39 is 0 Å². The Labute approximate surface area is 180 Å². The molecule has 148 valence electrons. The Morgan fingerprint density at radius 1 is 1.21 bits per heavy atom. The van der Waals surface area contributed by atoms with Gasteiger partial charge in [0.05, 0.1) is 29.2 Å². The van der Waals surface area contributed by atoms with Crippen LogP contribution in [0.3, 0.4) is 0 Å². The van der Waals surface area contributed by atoms with Gasteiger partial charge in [0.25, 0.3) is 0 Å². The van der Waals surface area contributed by atoms with Crippen molar-refractivity contribution in [2.45, 2.75) is 32.1 Å². The van der Waals surface area contributed by atoms with E-state index in [0.717, 1.165) is 16.3 Å². The zero-order valence-corrected chi connectivity index (χ0v) is 18.0. The van der Waals surface area contributed by atoms with E-state index in [1.165, 1.54) is 5.56 Å². The van der Waals surface area contributed by atoms with Gasteiger partial charge in [0.1, 0.15) is 0 Å². The van der Waals surface area contributed by atoms with E-state index in [9.17, 15) is 10.1 Å². The Kier molecular flexibility index (Phi) is 5.58. The van der Waals surface area contributed by atoms with Gasteiger partial charge in [-0.25, -0.2) is 0 Å². The topological polar surface area (TPSA) is 47.3 Å². The minimum Gasteiger partial charge on any atom is -0.344 e. The molecule has 2 heterocycles. The van der Waals surface area contributed by atoms with Crippen LogP contribution in [0.1, 0.15) is 43.2 Å². The number of halogens is 1. The van der Waals surface area contributed by atoms with Crippen LogP contribution >= 0.6 is 23.4 Å². The summed E-state index contributed by atoms with van der Waals surface area (Å²) in [6, 6.07) is 18.4. The van der Waals surface area contributed by atoms with Crippen LogP contribution in [0.4, 0.5) is 5.69 Å². The van der Waals surface area contributed by atoms with Crippen LogP contribution in [0, 0.1) is 11.3 Å². The molecule has 29 heavy (non-hydrogen) atoms. The van der Waals surface area contributed by atoms with Crippen molar-refractivity contribution in [2.75, 3.05) is 17.4 Å². The number of hydrogen-bond donors (Lipinski definition) is 0. The number of thioether (sulfide) groups is 1. The van der Waals surface area contributed by atoms with E-state index in [4.69, 9.17) is 11.6 Å². The van der Waals surface area contributed by atoms with E-state index in [2.05, 4.69) is 49.1 Å². The van der Waals surface area contributed by atoms with Gasteiger partial charge in [-0.3, -0.25) is 9.69 Å². The molecule has 1 fully saturated rings. The number of fused-ring (bicyclic) bond motifs is 1. The maximum Gasteiger partial charge on any atom is 0.229 e. The van der Waals surface area contributed by atoms with E-state index in [1.54, 1.807) is 16.7 Å². The molecular weight excluding hydrogens is 402 g/mol. The average molecular weight is 424 g/mol. The van der Waals surface area contributed by atoms with Crippen LogP contribution in [0.25, 0.3) is 0 Å². The molecule has 1 amide bonds. The molecule has 0 bridgehead atoms. The lowest BCUT2D eigenvalue weighted by molar-refractivity contribution is -0.129. The largest absolute Gasteiger partial charge is 0.344 e. The van der Waals surface area contributed by atoms with Crippen molar-refractivity contribution in [2.24, 2.45) is 0 Å². The van der Waals surface area contributed by atoms with Crippen molar-refractivity contribution in [3.05, 3.63) is 75.3 Å². The summed E-state index contributed by atoms with van der Waals surface area (Å²) in [6.45, 7) is 4.75. The molecule has 6 heteroatoms. The monoisotopic (exact) mass is 423 g/mol. The fourth-order valence-corrected chi connectivity index (χ4v) is 5.15. The van der Waals surface area contributed by atoms with Gasteiger partial charge >= 0.3 is 0 Å². The number of carbonyl (C=O) groups excluding carboxylic acids is 1. The summed E-state index contributed by atoms with van der Waals surface area (Å²) in [5.74, 6) is 0.998. The Hall–Kier alpha value is -2.42. The summed E-state index contributed by atoms with van der Waals surface area (Å²) in [5, 5.41) is 11.4. The van der Waals surface area contributed by atoms with E-state index in [0.29, 0.717) is 35.5 Å². The summed E-state index contributed by atoms with van der Waals surface area (Å²) in [6.07, 6.45) is 0.317. The van der Waals surface area contributed by atoms with Gasteiger partial charge in [-0.05, 0) is 35.2 Å². The zero-order valence-electron chi connectivity index (χ0n) is 16.4. The second kappa shape index (κ2) is 8.14. The van der Waals surface area contributed by atoms with Crippen molar-refractivity contribution in [3.8, 4) is 6.07 Å². The van der Waals surface area contributed by atoms with Crippen molar-refractivity contribution in [1.29, 1.82) is 5.26 Å². The lowest BCUT2D eigenvalue weighted by Crippen LogP contribution is -2.47. The molecule has 1 saturated heterocycles. The number of rotatable bonds is 3. The molecule has 2 aromatic carbocycles. The summed E-state index contributed by atoms with van der Waals surface area (Å²) in [7, 11) is 0. The molecule has 2 aromatic rings. The van der Waals surface area contributed by atoms with Gasteiger partial charge in [0, 0.05) is 23.0 Å². The maximum absolute atomic E-state index is 13.0. The van der Waals surface area contributed by atoms with Crippen LogP contribution < -0.4 is 4.90 Å². The number of anilines is 1. The van der Waals surface area contributed by atoms with Gasteiger partial charge in [-0.15, -0.1) is 0 Å². The zero-order chi connectivity index (χ0) is 20.5. The Morgan fingerprint density at radius 2 is 1.97 bits per heavy atom. The first-order chi connectivity index (χ1) is 14.0. The molecule has 2 aliphatic rings. The van der Waals surface area contributed by atoms with Gasteiger partial charge in [0.15, 0.2) is 0 Å². The van der Waals surface area contributed by atoms with Crippen LogP contribution in [-0.2, 0) is 4.79 Å². The van der Waals surface area contributed by atoms with Gasteiger partial charge in [0.2, 0.25) is 5.91 Å². The summed E-state index contributed by atoms with van der Waals surface area (Å²) < 4.78 is 0. The molecule has 1 unspecified atom stereocenters. The van der Waals surface area contributed by atoms with Crippen LogP contribution in [-0.4, -0.2) is 23.4 Å². The molecule has 4 nitrogen and oxygen atoms in total. The quantitative estimate of drug-likeness (QED) is 0.636. The third kappa shape index (κ3) is 3.88. The SMILES string of the molecule is CC(C)c1ccc(C2CC(=O)N3CN(c4cccc(Cl)c4)CSC3=C2C#N)cc1. The van der Waals surface area contributed by atoms with Gasteiger partial charge in [-0.2, -0.15) is 5.26 Å². The highest BCUT2D eigenvalue weighted by Gasteiger charge is 2.38. The first-order valence-electron chi connectivity index (χ1n) is 9.65. The van der Waals surface area contributed by atoms with Crippen molar-refractivity contribution in [3.63, 3.8) is 0 Å². The first-order valence-corrected chi connectivity index (χ1v) is 11.0. The number of amides is 1. The third-order valence-electron chi connectivity index (χ3n) is 5.47. The predicted molar refractivity (Wildman–Crippen MR) is 119 cm³/mol. The lowest BCUT2D eigenvalue weighted by Gasteiger charge is -2.42. The molecule has 4 rings (SSSR count). The van der Waals surface area contributed by atoms with E-state index in [1.807, 2.05) is 24.3 Å². The lowest BCUT2D eigenvalue weighted by atomic mass is 9.85. The Balaban J connectivity index is 1.64. The Bertz CT molecular complexity index is 1010. The second-order valence-corrected chi connectivity index (χ2v) is 9.04. The van der Waals surface area contributed by atoms with Gasteiger partial charge < -0.3 is 4.90 Å². The van der Waals surface area contributed by atoms with Crippen LogP contribution in [0.5, 0.6) is 0 Å². The third-order valence-corrected chi connectivity index (χ3v) is 6.86. The number of benzene rings is 2. The predicted octanol–water partition coefficient (Wildman–Crippen LogP) is 5.68. The molecule has 0 saturated carbocycles. The van der Waals surface area contributed by atoms with Crippen molar-refractivity contribution in [1.82, 2.24) is 4.90 Å². The highest BCUT2D eigenvalue weighted by Crippen LogP contribution is 2.43. The molecule has 0 radical (unpaired) electrons. The molecule has 0 spiro atoms. The standard InChI is InChI=1S/C23H22ClN3OS/c1-15(2)16-6-8-17(9-7-16)20-11-22(28)27-13-26(14-29-23(27)21(20)12-25)19-5-3-4-18(24)10-19/h3-10,15,20H,11,13-14H2,1-2H3. The molecule has 2 aliphatic heterocycles. The van der Waals surface area contributed by atoms with Gasteiger partial charge in [-0.1, -0.05) is 67.5 Å². The van der Waals surface area contributed by atoms with Crippen LogP contribution in [0.15, 0.2) is 59.1 Å². The minimum absolute atomic E-state index is 0.0520. The molecule has 0 aromatic heterocycles. The fraction of sp³-hybridized carbons (Fsp3) is 0.304. The Morgan fingerprint density at radius 3 is 2.62 bits per heavy atom. The highest BCUT2D eigenvalue weighted by molar-refractivity contribution is 8.03. The summed E-state index contributed by atoms with van der Waals surface area (Å²) in [4.78, 5) is 16.9. The fourth-order valence-electron chi connectivity index (χ4n) is 3.80. The number of nitriles is 1. The molecule has 1 atom stereocenters. The number of nitrogens with zero attached hydrogens (tertiary/aromatic N) is 3. The number of carbonyl (C=O) groups is 1. The van der Waals surface area contributed by atoms with E-state index in [-0.39, 0.29) is 11.8 Å². The smallest absolute Gasteiger partial charge is 0.229 e. The molecule has 0 aliphatic carbocycles. The molecule has 0 N–H and O–H groups in total. The highest BCUT2D eigenvalue weighted by atomic mass is 35.5. The number of allylic oxidation sites excluding steroid dienone is 1.